The highest BCUT2D eigenvalue weighted by Gasteiger charge is 2.33. The Kier molecular flexibility index (Phi) is 5.03. The van der Waals surface area contributed by atoms with E-state index < -0.39 is 11.7 Å². The van der Waals surface area contributed by atoms with Crippen LogP contribution < -0.4 is 10.6 Å². The molecule has 0 unspecified atom stereocenters. The molecule has 1 aromatic carbocycles. The average Bonchev–Trinajstić information content (AvgIpc) is 3.07. The summed E-state index contributed by atoms with van der Waals surface area (Å²) in [5.74, 6) is 2.06. The molecule has 3 aromatic rings. The Hall–Kier alpha value is -2.74. The lowest BCUT2D eigenvalue weighted by molar-refractivity contribution is -0.137. The first-order chi connectivity index (χ1) is 12.3. The van der Waals surface area contributed by atoms with Crippen LogP contribution in [0.15, 0.2) is 47.1 Å². The molecule has 2 N–H and O–H groups in total. The summed E-state index contributed by atoms with van der Waals surface area (Å²) in [5, 5.41) is 5.56. The largest absolute Gasteiger partial charge is 0.467 e. The third-order valence-corrected chi connectivity index (χ3v) is 3.74. The number of anilines is 3. The molecule has 136 valence electrons. The van der Waals surface area contributed by atoms with E-state index in [0.29, 0.717) is 24.0 Å². The number of hydrogen-bond donors (Lipinski definition) is 2. The number of rotatable bonds is 5. The Morgan fingerprint density at radius 3 is 2.58 bits per heavy atom. The van der Waals surface area contributed by atoms with Crippen molar-refractivity contribution >= 4 is 28.9 Å². The number of nitrogens with one attached hydrogen (secondary N) is 2. The summed E-state index contributed by atoms with van der Waals surface area (Å²) in [6.07, 6.45) is -2.97. The second-order valence-electron chi connectivity index (χ2n) is 5.44. The van der Waals surface area contributed by atoms with Gasteiger partial charge in [-0.3, -0.25) is 0 Å². The molecule has 0 aliphatic heterocycles. The van der Waals surface area contributed by atoms with Crippen molar-refractivity contribution in [1.29, 1.82) is 0 Å². The molecular weight excluding hydrogens is 369 g/mol. The Bertz CT molecular complexity index is 898. The van der Waals surface area contributed by atoms with Crippen LogP contribution in [-0.2, 0) is 12.7 Å². The zero-order valence-electron chi connectivity index (χ0n) is 13.6. The predicted octanol–water partition coefficient (Wildman–Crippen LogP) is 5.41. The van der Waals surface area contributed by atoms with Crippen molar-refractivity contribution in [2.75, 3.05) is 10.6 Å². The number of benzene rings is 1. The minimum absolute atomic E-state index is 0.219. The second kappa shape index (κ2) is 7.25. The van der Waals surface area contributed by atoms with Gasteiger partial charge >= 0.3 is 6.18 Å². The van der Waals surface area contributed by atoms with Gasteiger partial charge in [0.25, 0.3) is 0 Å². The maximum atomic E-state index is 13.0. The number of nitrogens with zero attached hydrogens (tertiary/aromatic N) is 2. The van der Waals surface area contributed by atoms with Gasteiger partial charge < -0.3 is 15.1 Å². The maximum absolute atomic E-state index is 13.0. The molecule has 0 saturated carbocycles. The molecule has 0 aliphatic carbocycles. The van der Waals surface area contributed by atoms with Gasteiger partial charge in [0.15, 0.2) is 0 Å². The molecule has 0 aliphatic rings. The van der Waals surface area contributed by atoms with Crippen LogP contribution in [0.5, 0.6) is 0 Å². The molecule has 0 atom stereocenters. The van der Waals surface area contributed by atoms with Crippen molar-refractivity contribution < 1.29 is 17.6 Å². The molecule has 3 rings (SSSR count). The molecular formula is C17H14ClF3N4O. The Labute approximate surface area is 152 Å². The fourth-order valence-corrected chi connectivity index (χ4v) is 2.51. The van der Waals surface area contributed by atoms with Crippen molar-refractivity contribution in [3.8, 4) is 0 Å². The number of aryl methyl sites for hydroxylation is 1. The van der Waals surface area contributed by atoms with Crippen LogP contribution in [0.4, 0.5) is 30.5 Å². The van der Waals surface area contributed by atoms with Crippen LogP contribution in [0, 0.1) is 6.92 Å². The monoisotopic (exact) mass is 382 g/mol. The van der Waals surface area contributed by atoms with Crippen LogP contribution >= 0.6 is 11.6 Å². The van der Waals surface area contributed by atoms with E-state index >= 15 is 0 Å². The highest BCUT2D eigenvalue weighted by Crippen LogP contribution is 2.36. The van der Waals surface area contributed by atoms with E-state index in [2.05, 4.69) is 20.6 Å². The zero-order chi connectivity index (χ0) is 18.7. The van der Waals surface area contributed by atoms with E-state index in [9.17, 15) is 13.2 Å². The molecule has 0 amide bonds. The lowest BCUT2D eigenvalue weighted by atomic mass is 10.2. The molecule has 26 heavy (non-hydrogen) atoms. The summed E-state index contributed by atoms with van der Waals surface area (Å²) < 4.78 is 44.1. The van der Waals surface area contributed by atoms with E-state index in [4.69, 9.17) is 16.0 Å². The van der Waals surface area contributed by atoms with E-state index in [-0.39, 0.29) is 10.7 Å². The predicted molar refractivity (Wildman–Crippen MR) is 92.5 cm³/mol. The lowest BCUT2D eigenvalue weighted by Crippen LogP contribution is -2.07. The number of aromatic nitrogens is 2. The fraction of sp³-hybridized carbons (Fsp3) is 0.176. The summed E-state index contributed by atoms with van der Waals surface area (Å²) in [7, 11) is 0. The molecule has 9 heteroatoms. The summed E-state index contributed by atoms with van der Waals surface area (Å²) in [6, 6.07) is 8.76. The van der Waals surface area contributed by atoms with E-state index in [1.54, 1.807) is 25.3 Å². The number of hydrogen-bond acceptors (Lipinski definition) is 5. The molecule has 0 radical (unpaired) electrons. The number of halogens is 4. The summed E-state index contributed by atoms with van der Waals surface area (Å²) in [6.45, 7) is 2.11. The van der Waals surface area contributed by atoms with Crippen LogP contribution in [-0.4, -0.2) is 9.97 Å². The lowest BCUT2D eigenvalue weighted by Gasteiger charge is -2.13. The highest BCUT2D eigenvalue weighted by molar-refractivity contribution is 6.31. The van der Waals surface area contributed by atoms with Crippen LogP contribution in [0.1, 0.15) is 17.1 Å². The van der Waals surface area contributed by atoms with Gasteiger partial charge in [-0.2, -0.15) is 13.2 Å². The van der Waals surface area contributed by atoms with Crippen molar-refractivity contribution in [2.24, 2.45) is 0 Å². The van der Waals surface area contributed by atoms with Gasteiger partial charge in [0.2, 0.25) is 0 Å². The van der Waals surface area contributed by atoms with Gasteiger partial charge in [-0.25, -0.2) is 9.97 Å². The third-order valence-electron chi connectivity index (χ3n) is 3.41. The van der Waals surface area contributed by atoms with Gasteiger partial charge in [0, 0.05) is 11.8 Å². The minimum atomic E-state index is -4.54. The molecule has 0 fully saturated rings. The third kappa shape index (κ3) is 4.45. The molecule has 5 nitrogen and oxygen atoms in total. The van der Waals surface area contributed by atoms with Crippen molar-refractivity contribution in [1.82, 2.24) is 9.97 Å². The SMILES string of the molecule is Cc1nc(NCc2ccco2)cc(Nc2ccc(Cl)c(C(F)(F)F)c2)n1. The molecule has 2 heterocycles. The summed E-state index contributed by atoms with van der Waals surface area (Å²) in [4.78, 5) is 8.43. The molecule has 0 spiro atoms. The van der Waals surface area contributed by atoms with Gasteiger partial charge in [-0.15, -0.1) is 0 Å². The van der Waals surface area contributed by atoms with Crippen molar-refractivity contribution in [3.05, 3.63) is 64.8 Å². The fourth-order valence-electron chi connectivity index (χ4n) is 2.28. The molecule has 0 saturated heterocycles. The smallest absolute Gasteiger partial charge is 0.417 e. The van der Waals surface area contributed by atoms with Gasteiger partial charge in [0.05, 0.1) is 23.4 Å². The van der Waals surface area contributed by atoms with Crippen LogP contribution in [0.25, 0.3) is 0 Å². The molecule has 0 bridgehead atoms. The minimum Gasteiger partial charge on any atom is -0.467 e. The first kappa shape index (κ1) is 18.1. The number of alkyl halides is 3. The van der Waals surface area contributed by atoms with Gasteiger partial charge in [0.1, 0.15) is 23.2 Å². The van der Waals surface area contributed by atoms with Gasteiger partial charge in [-0.1, -0.05) is 11.6 Å². The van der Waals surface area contributed by atoms with E-state index in [0.717, 1.165) is 11.8 Å². The topological polar surface area (TPSA) is 63.0 Å². The van der Waals surface area contributed by atoms with Crippen molar-refractivity contribution in [2.45, 2.75) is 19.6 Å². The first-order valence-electron chi connectivity index (χ1n) is 7.57. The summed E-state index contributed by atoms with van der Waals surface area (Å²) >= 11 is 5.63. The maximum Gasteiger partial charge on any atom is 0.417 e. The second-order valence-corrected chi connectivity index (χ2v) is 5.84. The average molecular weight is 383 g/mol. The standard InChI is InChI=1S/C17H14ClF3N4O/c1-10-23-15(22-9-12-3-2-6-26-12)8-16(24-10)25-11-4-5-14(18)13(7-11)17(19,20)21/h2-8H,9H2,1H3,(H2,22,23,24,25). The number of furan rings is 1. The van der Waals surface area contributed by atoms with Crippen LogP contribution in [0.3, 0.4) is 0 Å². The van der Waals surface area contributed by atoms with E-state index in [1.807, 2.05) is 6.07 Å². The van der Waals surface area contributed by atoms with Crippen molar-refractivity contribution in [3.63, 3.8) is 0 Å². The quantitative estimate of drug-likeness (QED) is 0.618. The normalized spacial score (nSPS) is 11.4. The Morgan fingerprint density at radius 2 is 1.88 bits per heavy atom. The zero-order valence-corrected chi connectivity index (χ0v) is 14.3. The summed E-state index contributed by atoms with van der Waals surface area (Å²) in [5.41, 5.74) is -0.692. The van der Waals surface area contributed by atoms with Crippen LogP contribution in [0.2, 0.25) is 5.02 Å². The molecule has 2 aromatic heterocycles. The Balaban J connectivity index is 1.79. The highest BCUT2D eigenvalue weighted by atomic mass is 35.5. The first-order valence-corrected chi connectivity index (χ1v) is 7.95. The van der Waals surface area contributed by atoms with Gasteiger partial charge in [-0.05, 0) is 37.3 Å². The van der Waals surface area contributed by atoms with E-state index in [1.165, 1.54) is 12.1 Å². The Morgan fingerprint density at radius 1 is 1.12 bits per heavy atom.